The number of esters is 1. The number of hydrogen-bond donors (Lipinski definition) is 0. The standard InChI is InChI=1S/C15H15NO3/c1-10(15(17)18-3)9-13-11(2)19-16-14(13)12-7-5-4-6-8-12/h4-9H,1-3H3/b10-9+. The lowest BCUT2D eigenvalue weighted by Crippen LogP contribution is -2.01. The van der Waals surface area contributed by atoms with Gasteiger partial charge in [-0.15, -0.1) is 0 Å². The van der Waals surface area contributed by atoms with Crippen LogP contribution in [-0.4, -0.2) is 18.2 Å². The lowest BCUT2D eigenvalue weighted by Gasteiger charge is -2.00. The molecule has 0 aliphatic heterocycles. The molecule has 1 heterocycles. The summed E-state index contributed by atoms with van der Waals surface area (Å²) < 4.78 is 9.91. The minimum atomic E-state index is -0.361. The second kappa shape index (κ2) is 5.52. The zero-order valence-corrected chi connectivity index (χ0v) is 11.1. The normalized spacial score (nSPS) is 11.4. The fourth-order valence-electron chi connectivity index (χ4n) is 1.79. The zero-order valence-electron chi connectivity index (χ0n) is 11.1. The highest BCUT2D eigenvalue weighted by Crippen LogP contribution is 2.27. The van der Waals surface area contributed by atoms with Crippen molar-refractivity contribution < 1.29 is 14.1 Å². The second-order valence-electron chi connectivity index (χ2n) is 4.19. The van der Waals surface area contributed by atoms with E-state index in [-0.39, 0.29) is 5.97 Å². The van der Waals surface area contributed by atoms with Crippen molar-refractivity contribution in [2.75, 3.05) is 7.11 Å². The third-order valence-electron chi connectivity index (χ3n) is 2.82. The molecule has 0 unspecified atom stereocenters. The summed E-state index contributed by atoms with van der Waals surface area (Å²) in [4.78, 5) is 11.5. The van der Waals surface area contributed by atoms with Gasteiger partial charge in [0.15, 0.2) is 0 Å². The third kappa shape index (κ3) is 2.73. The van der Waals surface area contributed by atoms with Gasteiger partial charge in [0, 0.05) is 16.7 Å². The molecule has 0 fully saturated rings. The van der Waals surface area contributed by atoms with E-state index >= 15 is 0 Å². The van der Waals surface area contributed by atoms with Crippen molar-refractivity contribution in [1.29, 1.82) is 0 Å². The molecule has 4 heteroatoms. The molecule has 2 rings (SSSR count). The maximum Gasteiger partial charge on any atom is 0.333 e. The van der Waals surface area contributed by atoms with Crippen molar-refractivity contribution in [2.45, 2.75) is 13.8 Å². The first kappa shape index (κ1) is 13.1. The van der Waals surface area contributed by atoms with E-state index in [1.54, 1.807) is 13.0 Å². The summed E-state index contributed by atoms with van der Waals surface area (Å²) in [5.74, 6) is 0.307. The molecule has 0 bridgehead atoms. The van der Waals surface area contributed by atoms with Gasteiger partial charge >= 0.3 is 5.97 Å². The number of hydrogen-bond acceptors (Lipinski definition) is 4. The molecule has 0 N–H and O–H groups in total. The molecule has 0 aliphatic carbocycles. The van der Waals surface area contributed by atoms with E-state index in [4.69, 9.17) is 4.52 Å². The summed E-state index contributed by atoms with van der Waals surface area (Å²) in [5.41, 5.74) is 2.98. The Labute approximate surface area is 111 Å². The van der Waals surface area contributed by atoms with Crippen LogP contribution in [0.3, 0.4) is 0 Å². The predicted molar refractivity (Wildman–Crippen MR) is 72.3 cm³/mol. The lowest BCUT2D eigenvalue weighted by atomic mass is 10.0. The molecule has 4 nitrogen and oxygen atoms in total. The molecule has 0 atom stereocenters. The molecule has 19 heavy (non-hydrogen) atoms. The minimum absolute atomic E-state index is 0.361. The Balaban J connectivity index is 2.47. The Morgan fingerprint density at radius 1 is 1.32 bits per heavy atom. The average molecular weight is 257 g/mol. The first-order valence-corrected chi connectivity index (χ1v) is 5.91. The molecule has 2 aromatic rings. The van der Waals surface area contributed by atoms with Gasteiger partial charge in [0.25, 0.3) is 0 Å². The number of benzene rings is 1. The first-order chi connectivity index (χ1) is 9.13. The Bertz CT molecular complexity index is 612. The molecule has 0 saturated carbocycles. The number of aromatic nitrogens is 1. The molecule has 98 valence electrons. The van der Waals surface area contributed by atoms with E-state index in [1.807, 2.05) is 37.3 Å². The van der Waals surface area contributed by atoms with E-state index in [2.05, 4.69) is 9.89 Å². The maximum absolute atomic E-state index is 11.5. The van der Waals surface area contributed by atoms with Crippen LogP contribution in [0.25, 0.3) is 17.3 Å². The van der Waals surface area contributed by atoms with Gasteiger partial charge in [-0.25, -0.2) is 4.79 Å². The molecule has 0 saturated heterocycles. The van der Waals surface area contributed by atoms with E-state index in [1.165, 1.54) is 7.11 Å². The minimum Gasteiger partial charge on any atom is -0.466 e. The van der Waals surface area contributed by atoms with Crippen LogP contribution >= 0.6 is 0 Å². The van der Waals surface area contributed by atoms with E-state index in [9.17, 15) is 4.79 Å². The first-order valence-electron chi connectivity index (χ1n) is 5.91. The highest BCUT2D eigenvalue weighted by Gasteiger charge is 2.14. The Morgan fingerprint density at radius 3 is 2.63 bits per heavy atom. The van der Waals surface area contributed by atoms with Crippen LogP contribution in [-0.2, 0) is 9.53 Å². The van der Waals surface area contributed by atoms with E-state index < -0.39 is 0 Å². The van der Waals surface area contributed by atoms with Crippen molar-refractivity contribution in [3.8, 4) is 11.3 Å². The fourth-order valence-corrected chi connectivity index (χ4v) is 1.79. The topological polar surface area (TPSA) is 52.3 Å². The molecular weight excluding hydrogens is 242 g/mol. The van der Waals surface area contributed by atoms with Gasteiger partial charge in [0.05, 0.1) is 7.11 Å². The van der Waals surface area contributed by atoms with Crippen molar-refractivity contribution in [1.82, 2.24) is 5.16 Å². The summed E-state index contributed by atoms with van der Waals surface area (Å²) in [7, 11) is 1.36. The van der Waals surface area contributed by atoms with Gasteiger partial charge in [-0.05, 0) is 19.9 Å². The average Bonchev–Trinajstić information content (AvgIpc) is 2.80. The van der Waals surface area contributed by atoms with Gasteiger partial charge in [-0.2, -0.15) is 0 Å². The lowest BCUT2D eigenvalue weighted by molar-refractivity contribution is -0.135. The highest BCUT2D eigenvalue weighted by molar-refractivity contribution is 5.94. The number of aryl methyl sites for hydroxylation is 1. The summed E-state index contributed by atoms with van der Waals surface area (Å²) in [6.07, 6.45) is 1.74. The quantitative estimate of drug-likeness (QED) is 0.625. The van der Waals surface area contributed by atoms with Gasteiger partial charge in [-0.3, -0.25) is 0 Å². The van der Waals surface area contributed by atoms with Gasteiger partial charge in [0.1, 0.15) is 11.5 Å². The number of carbonyl (C=O) groups is 1. The van der Waals surface area contributed by atoms with Crippen LogP contribution in [0.2, 0.25) is 0 Å². The van der Waals surface area contributed by atoms with Crippen LogP contribution in [0, 0.1) is 6.92 Å². The molecule has 0 aliphatic rings. The largest absolute Gasteiger partial charge is 0.466 e. The van der Waals surface area contributed by atoms with Crippen LogP contribution in [0.5, 0.6) is 0 Å². The molecule has 0 amide bonds. The number of carbonyl (C=O) groups excluding carboxylic acids is 1. The summed E-state index contributed by atoms with van der Waals surface area (Å²) >= 11 is 0. The number of ether oxygens (including phenoxy) is 1. The molecule has 1 aromatic heterocycles. The second-order valence-corrected chi connectivity index (χ2v) is 4.19. The highest BCUT2D eigenvalue weighted by atomic mass is 16.5. The SMILES string of the molecule is COC(=O)/C(C)=C/c1c(-c2ccccc2)noc1C. The van der Waals surface area contributed by atoms with Crippen molar-refractivity contribution in [3.05, 3.63) is 47.2 Å². The van der Waals surface area contributed by atoms with Crippen molar-refractivity contribution in [3.63, 3.8) is 0 Å². The summed E-state index contributed by atoms with van der Waals surface area (Å²) in [5, 5.41) is 4.05. The molecule has 1 aromatic carbocycles. The van der Waals surface area contributed by atoms with Crippen molar-refractivity contribution >= 4 is 12.0 Å². The monoisotopic (exact) mass is 257 g/mol. The Morgan fingerprint density at radius 2 is 2.00 bits per heavy atom. The molecule has 0 radical (unpaired) electrons. The van der Waals surface area contributed by atoms with Gasteiger partial charge < -0.3 is 9.26 Å². The maximum atomic E-state index is 11.5. The number of nitrogens with zero attached hydrogens (tertiary/aromatic N) is 1. The fraction of sp³-hybridized carbons (Fsp3) is 0.200. The smallest absolute Gasteiger partial charge is 0.333 e. The molecular formula is C15H15NO3. The molecule has 0 spiro atoms. The van der Waals surface area contributed by atoms with Crippen LogP contribution < -0.4 is 0 Å². The Hall–Kier alpha value is -2.36. The Kier molecular flexibility index (Phi) is 3.80. The van der Waals surface area contributed by atoms with Crippen LogP contribution in [0.4, 0.5) is 0 Å². The summed E-state index contributed by atoms with van der Waals surface area (Å²) in [6, 6.07) is 9.69. The van der Waals surface area contributed by atoms with E-state index in [0.29, 0.717) is 11.3 Å². The van der Waals surface area contributed by atoms with Crippen LogP contribution in [0.1, 0.15) is 18.2 Å². The van der Waals surface area contributed by atoms with Crippen LogP contribution in [0.15, 0.2) is 40.4 Å². The number of rotatable bonds is 3. The third-order valence-corrected chi connectivity index (χ3v) is 2.82. The van der Waals surface area contributed by atoms with Gasteiger partial charge in [0.2, 0.25) is 0 Å². The van der Waals surface area contributed by atoms with Crippen molar-refractivity contribution in [2.24, 2.45) is 0 Å². The zero-order chi connectivity index (χ0) is 13.8. The number of methoxy groups -OCH3 is 1. The summed E-state index contributed by atoms with van der Waals surface area (Å²) in [6.45, 7) is 3.52. The predicted octanol–water partition coefficient (Wildman–Crippen LogP) is 3.23. The van der Waals surface area contributed by atoms with Gasteiger partial charge in [-0.1, -0.05) is 35.5 Å². The van der Waals surface area contributed by atoms with E-state index in [0.717, 1.165) is 16.8 Å².